The van der Waals surface area contributed by atoms with Crippen LogP contribution in [-0.4, -0.2) is 23.7 Å². The van der Waals surface area contributed by atoms with E-state index in [4.69, 9.17) is 5.11 Å². The molecule has 0 spiro atoms. The topological polar surface area (TPSA) is 23.5 Å². The van der Waals surface area contributed by atoms with Gasteiger partial charge in [0.05, 0.1) is 0 Å². The zero-order chi connectivity index (χ0) is 15.2. The van der Waals surface area contributed by atoms with Crippen LogP contribution >= 0.6 is 11.3 Å². The Morgan fingerprint density at radius 2 is 2.19 bits per heavy atom. The molecule has 110 valence electrons. The molecule has 1 aromatic heterocycles. The van der Waals surface area contributed by atoms with Gasteiger partial charge in [-0.15, -0.1) is 11.3 Å². The Balaban J connectivity index is 2.13. The number of aliphatic hydroxyl groups is 1. The Labute approximate surface area is 128 Å². The maximum Gasteiger partial charge on any atom is 0.124 e. The van der Waals surface area contributed by atoms with Gasteiger partial charge in [-0.2, -0.15) is 0 Å². The van der Waals surface area contributed by atoms with Gasteiger partial charge in [0.25, 0.3) is 0 Å². The van der Waals surface area contributed by atoms with E-state index in [2.05, 4.69) is 35.1 Å². The molecule has 0 saturated carbocycles. The van der Waals surface area contributed by atoms with Crippen molar-refractivity contribution in [3.05, 3.63) is 57.5 Å². The molecule has 0 fully saturated rings. The van der Waals surface area contributed by atoms with Crippen LogP contribution in [0.4, 0.5) is 4.39 Å². The quantitative estimate of drug-likeness (QED) is 0.875. The Morgan fingerprint density at radius 3 is 2.86 bits per heavy atom. The molecule has 1 atom stereocenters. The summed E-state index contributed by atoms with van der Waals surface area (Å²) in [4.78, 5) is 3.46. The molecule has 0 bridgehead atoms. The third kappa shape index (κ3) is 4.40. The van der Waals surface area contributed by atoms with Crippen molar-refractivity contribution in [3.8, 4) is 11.8 Å². The third-order valence-corrected chi connectivity index (χ3v) is 4.36. The van der Waals surface area contributed by atoms with Crippen LogP contribution in [0.15, 0.2) is 35.7 Å². The van der Waals surface area contributed by atoms with Crippen molar-refractivity contribution in [3.63, 3.8) is 0 Å². The van der Waals surface area contributed by atoms with Crippen molar-refractivity contribution in [2.24, 2.45) is 0 Å². The average Bonchev–Trinajstić information content (AvgIpc) is 2.97. The molecule has 1 aromatic carbocycles. The van der Waals surface area contributed by atoms with Crippen molar-refractivity contribution >= 4 is 11.3 Å². The number of benzene rings is 1. The molecule has 0 radical (unpaired) electrons. The maximum absolute atomic E-state index is 13.6. The predicted molar refractivity (Wildman–Crippen MR) is 84.6 cm³/mol. The van der Waals surface area contributed by atoms with E-state index in [9.17, 15) is 4.39 Å². The molecule has 0 saturated heterocycles. The first-order chi connectivity index (χ1) is 10.1. The van der Waals surface area contributed by atoms with Crippen LogP contribution in [0.3, 0.4) is 0 Å². The molecular weight excluding hydrogens is 285 g/mol. The summed E-state index contributed by atoms with van der Waals surface area (Å²) in [6.07, 6.45) is 0. The van der Waals surface area contributed by atoms with Gasteiger partial charge in [-0.25, -0.2) is 4.39 Å². The Morgan fingerprint density at radius 1 is 1.38 bits per heavy atom. The fraction of sp³-hybridized carbons (Fsp3) is 0.294. The van der Waals surface area contributed by atoms with Crippen LogP contribution in [0.25, 0.3) is 0 Å². The second-order valence-corrected chi connectivity index (χ2v) is 5.89. The van der Waals surface area contributed by atoms with Crippen LogP contribution in [0.2, 0.25) is 0 Å². The van der Waals surface area contributed by atoms with Crippen LogP contribution < -0.4 is 0 Å². The van der Waals surface area contributed by atoms with Gasteiger partial charge in [-0.3, -0.25) is 4.90 Å². The van der Waals surface area contributed by atoms with Gasteiger partial charge in [0.15, 0.2) is 0 Å². The number of hydrogen-bond acceptors (Lipinski definition) is 3. The highest BCUT2D eigenvalue weighted by Gasteiger charge is 2.13. The Hall–Kier alpha value is -1.67. The summed E-state index contributed by atoms with van der Waals surface area (Å²) in [5, 5.41) is 10.8. The molecule has 2 rings (SSSR count). The lowest BCUT2D eigenvalue weighted by atomic mass is 10.1. The van der Waals surface area contributed by atoms with Gasteiger partial charge in [0.1, 0.15) is 12.4 Å². The molecule has 2 aromatic rings. The van der Waals surface area contributed by atoms with E-state index in [0.717, 1.165) is 5.56 Å². The van der Waals surface area contributed by atoms with E-state index >= 15 is 0 Å². The summed E-state index contributed by atoms with van der Waals surface area (Å²) in [5.41, 5.74) is 1.47. The highest BCUT2D eigenvalue weighted by atomic mass is 32.1. The summed E-state index contributed by atoms with van der Waals surface area (Å²) in [7, 11) is 2.02. The minimum absolute atomic E-state index is 0.221. The molecule has 1 heterocycles. The van der Waals surface area contributed by atoms with Crippen molar-refractivity contribution in [1.29, 1.82) is 0 Å². The van der Waals surface area contributed by atoms with Crippen LogP contribution in [-0.2, 0) is 6.54 Å². The first-order valence-corrected chi connectivity index (χ1v) is 7.61. The fourth-order valence-corrected chi connectivity index (χ4v) is 2.97. The van der Waals surface area contributed by atoms with Crippen molar-refractivity contribution in [2.45, 2.75) is 19.5 Å². The Kier molecular flexibility index (Phi) is 5.51. The summed E-state index contributed by atoms with van der Waals surface area (Å²) in [6.45, 7) is 2.56. The van der Waals surface area contributed by atoms with E-state index in [0.29, 0.717) is 12.1 Å². The number of thiophene rings is 1. The minimum atomic E-state index is -0.299. The third-order valence-electron chi connectivity index (χ3n) is 3.32. The normalized spacial score (nSPS) is 12.0. The number of rotatable bonds is 4. The van der Waals surface area contributed by atoms with Gasteiger partial charge in [-0.05, 0) is 49.2 Å². The zero-order valence-corrected chi connectivity index (χ0v) is 13.0. The van der Waals surface area contributed by atoms with Crippen LogP contribution in [0.1, 0.15) is 29.0 Å². The summed E-state index contributed by atoms with van der Waals surface area (Å²) < 4.78 is 13.6. The number of halogens is 1. The van der Waals surface area contributed by atoms with Gasteiger partial charge in [0.2, 0.25) is 0 Å². The molecule has 0 aliphatic heterocycles. The molecule has 0 aliphatic rings. The van der Waals surface area contributed by atoms with E-state index in [-0.39, 0.29) is 18.5 Å². The lowest BCUT2D eigenvalue weighted by Crippen LogP contribution is -2.21. The second-order valence-electron chi connectivity index (χ2n) is 4.91. The molecule has 1 N–H and O–H groups in total. The largest absolute Gasteiger partial charge is 0.384 e. The van der Waals surface area contributed by atoms with E-state index in [1.54, 1.807) is 11.3 Å². The molecule has 2 nitrogen and oxygen atoms in total. The summed E-state index contributed by atoms with van der Waals surface area (Å²) >= 11 is 1.72. The van der Waals surface area contributed by atoms with E-state index in [1.807, 2.05) is 19.2 Å². The van der Waals surface area contributed by atoms with Crippen molar-refractivity contribution < 1.29 is 9.50 Å². The molecular formula is C17H18FNOS. The Bertz CT molecular complexity index is 643. The van der Waals surface area contributed by atoms with Crippen LogP contribution in [0.5, 0.6) is 0 Å². The first-order valence-electron chi connectivity index (χ1n) is 6.73. The second kappa shape index (κ2) is 7.37. The summed E-state index contributed by atoms with van der Waals surface area (Å²) in [6, 6.07) is 9.20. The highest BCUT2D eigenvalue weighted by Crippen LogP contribution is 2.25. The number of hydrogen-bond donors (Lipinski definition) is 1. The van der Waals surface area contributed by atoms with Gasteiger partial charge >= 0.3 is 0 Å². The lowest BCUT2D eigenvalue weighted by molar-refractivity contribution is 0.256. The van der Waals surface area contributed by atoms with Crippen molar-refractivity contribution in [1.82, 2.24) is 4.90 Å². The lowest BCUT2D eigenvalue weighted by Gasteiger charge is -2.24. The van der Waals surface area contributed by atoms with Crippen LogP contribution in [0, 0.1) is 17.7 Å². The molecule has 1 unspecified atom stereocenters. The molecule has 0 aliphatic carbocycles. The van der Waals surface area contributed by atoms with Crippen molar-refractivity contribution in [2.75, 3.05) is 13.7 Å². The number of aliphatic hydroxyl groups excluding tert-OH is 1. The highest BCUT2D eigenvalue weighted by molar-refractivity contribution is 7.10. The van der Waals surface area contributed by atoms with E-state index in [1.165, 1.54) is 17.0 Å². The predicted octanol–water partition coefficient (Wildman–Crippen LogP) is 3.42. The molecule has 4 heteroatoms. The monoisotopic (exact) mass is 303 g/mol. The molecule has 21 heavy (non-hydrogen) atoms. The molecule has 0 amide bonds. The van der Waals surface area contributed by atoms with Gasteiger partial charge < -0.3 is 5.11 Å². The standard InChI is InChI=1S/C17H18FNOS/c1-13(17-6-4-8-21-17)19(2)12-15-9-14(5-3-7-20)10-16(18)11-15/h4,6,8-11,13,20H,7,12H2,1-2H3. The van der Waals surface area contributed by atoms with Gasteiger partial charge in [0, 0.05) is 23.0 Å². The first kappa shape index (κ1) is 15.7. The SMILES string of the molecule is CC(c1cccs1)N(C)Cc1cc(F)cc(C#CCO)c1. The maximum atomic E-state index is 13.6. The summed E-state index contributed by atoms with van der Waals surface area (Å²) in [5.74, 6) is 4.99. The smallest absolute Gasteiger partial charge is 0.124 e. The van der Waals surface area contributed by atoms with E-state index < -0.39 is 0 Å². The average molecular weight is 303 g/mol. The minimum Gasteiger partial charge on any atom is -0.384 e. The van der Waals surface area contributed by atoms with Gasteiger partial charge in [-0.1, -0.05) is 17.9 Å². The number of nitrogens with zero attached hydrogens (tertiary/aromatic N) is 1. The zero-order valence-electron chi connectivity index (χ0n) is 12.1. The fourth-order valence-electron chi connectivity index (χ4n) is 2.13.